The Kier molecular flexibility index (Phi) is 5.07. The molecule has 1 aromatic heterocycles. The van der Waals surface area contributed by atoms with Crippen LogP contribution in [0.5, 0.6) is 0 Å². The second-order valence-electron chi connectivity index (χ2n) is 4.22. The number of benzene rings is 1. The van der Waals surface area contributed by atoms with Gasteiger partial charge in [0.2, 0.25) is 0 Å². The Labute approximate surface area is 128 Å². The van der Waals surface area contributed by atoms with E-state index in [1.165, 1.54) is 6.07 Å². The molecule has 0 saturated heterocycles. The van der Waals surface area contributed by atoms with Gasteiger partial charge in [-0.15, -0.1) is 0 Å². The summed E-state index contributed by atoms with van der Waals surface area (Å²) in [6.45, 7) is 0. The molecule has 19 heavy (non-hydrogen) atoms. The molecular formula is C14H13Br2FN2. The lowest BCUT2D eigenvalue weighted by Crippen LogP contribution is -2.19. The lowest BCUT2D eigenvalue weighted by Gasteiger charge is -2.17. The van der Waals surface area contributed by atoms with Crippen LogP contribution >= 0.6 is 31.9 Å². The van der Waals surface area contributed by atoms with Crippen LogP contribution in [0.3, 0.4) is 0 Å². The summed E-state index contributed by atoms with van der Waals surface area (Å²) in [4.78, 5) is 4.14. The van der Waals surface area contributed by atoms with Crippen LogP contribution < -0.4 is 5.32 Å². The topological polar surface area (TPSA) is 24.9 Å². The van der Waals surface area contributed by atoms with E-state index in [-0.39, 0.29) is 11.9 Å². The van der Waals surface area contributed by atoms with E-state index >= 15 is 0 Å². The summed E-state index contributed by atoms with van der Waals surface area (Å²) in [6.07, 6.45) is 4.10. The van der Waals surface area contributed by atoms with Crippen LogP contribution in [0, 0.1) is 5.82 Å². The van der Waals surface area contributed by atoms with Gasteiger partial charge in [0.15, 0.2) is 0 Å². The zero-order valence-electron chi connectivity index (χ0n) is 10.3. The van der Waals surface area contributed by atoms with Gasteiger partial charge in [0.1, 0.15) is 5.82 Å². The lowest BCUT2D eigenvalue weighted by molar-refractivity contribution is 0.552. The number of pyridine rings is 1. The molecule has 0 fully saturated rings. The van der Waals surface area contributed by atoms with Crippen molar-refractivity contribution in [2.24, 2.45) is 0 Å². The van der Waals surface area contributed by atoms with Crippen molar-refractivity contribution >= 4 is 31.9 Å². The molecule has 0 bridgehead atoms. The number of hydrogen-bond acceptors (Lipinski definition) is 2. The highest BCUT2D eigenvalue weighted by atomic mass is 79.9. The van der Waals surface area contributed by atoms with Crippen molar-refractivity contribution < 1.29 is 4.39 Å². The Morgan fingerprint density at radius 2 is 2.00 bits per heavy atom. The third kappa shape index (κ3) is 3.84. The fraction of sp³-hybridized carbons (Fsp3) is 0.214. The summed E-state index contributed by atoms with van der Waals surface area (Å²) in [7, 11) is 1.86. The first-order valence-corrected chi connectivity index (χ1v) is 7.40. The first-order chi connectivity index (χ1) is 9.10. The van der Waals surface area contributed by atoms with Gasteiger partial charge in [0.25, 0.3) is 0 Å². The van der Waals surface area contributed by atoms with Gasteiger partial charge in [-0.05, 0) is 58.7 Å². The quantitative estimate of drug-likeness (QED) is 0.848. The highest BCUT2D eigenvalue weighted by molar-refractivity contribution is 9.10. The third-order valence-electron chi connectivity index (χ3n) is 2.92. The van der Waals surface area contributed by atoms with E-state index in [2.05, 4.69) is 42.2 Å². The maximum absolute atomic E-state index is 13.9. The van der Waals surface area contributed by atoms with Crippen LogP contribution in [-0.2, 0) is 6.42 Å². The Balaban J connectivity index is 2.24. The molecule has 0 radical (unpaired) electrons. The van der Waals surface area contributed by atoms with Crippen molar-refractivity contribution in [2.75, 3.05) is 7.05 Å². The minimum absolute atomic E-state index is 0.0284. The Morgan fingerprint density at radius 1 is 1.21 bits per heavy atom. The zero-order chi connectivity index (χ0) is 13.8. The highest BCUT2D eigenvalue weighted by Crippen LogP contribution is 2.23. The highest BCUT2D eigenvalue weighted by Gasteiger charge is 2.13. The van der Waals surface area contributed by atoms with Crippen molar-refractivity contribution in [1.82, 2.24) is 10.3 Å². The van der Waals surface area contributed by atoms with E-state index in [0.717, 1.165) is 14.5 Å². The molecule has 2 aromatic rings. The van der Waals surface area contributed by atoms with Gasteiger partial charge < -0.3 is 5.32 Å². The Bertz CT molecular complexity index is 575. The molecule has 1 heterocycles. The van der Waals surface area contributed by atoms with E-state index < -0.39 is 0 Å². The van der Waals surface area contributed by atoms with Crippen LogP contribution in [0.25, 0.3) is 0 Å². The van der Waals surface area contributed by atoms with Crippen LogP contribution in [0.4, 0.5) is 4.39 Å². The molecule has 2 nitrogen and oxygen atoms in total. The second kappa shape index (κ2) is 6.59. The second-order valence-corrected chi connectivity index (χ2v) is 6.05. The van der Waals surface area contributed by atoms with Gasteiger partial charge in [-0.25, -0.2) is 4.39 Å². The summed E-state index contributed by atoms with van der Waals surface area (Å²) >= 11 is 6.66. The van der Waals surface area contributed by atoms with Crippen LogP contribution in [0.1, 0.15) is 17.2 Å². The van der Waals surface area contributed by atoms with Crippen LogP contribution in [0.2, 0.25) is 0 Å². The number of hydrogen-bond donors (Lipinski definition) is 1. The number of likely N-dealkylation sites (N-methyl/N-ethyl adjacent to an activating group) is 1. The van der Waals surface area contributed by atoms with Crippen LogP contribution in [-0.4, -0.2) is 12.0 Å². The molecule has 0 saturated carbocycles. The fourth-order valence-electron chi connectivity index (χ4n) is 1.91. The first kappa shape index (κ1) is 14.6. The molecule has 0 spiro atoms. The molecule has 0 amide bonds. The predicted octanol–water partition coefficient (Wildman–Crippen LogP) is 4.25. The number of aromatic nitrogens is 1. The van der Waals surface area contributed by atoms with Crippen LogP contribution in [0.15, 0.2) is 45.6 Å². The minimum atomic E-state index is -0.197. The molecule has 1 atom stereocenters. The third-order valence-corrected chi connectivity index (χ3v) is 3.84. The first-order valence-electron chi connectivity index (χ1n) is 5.82. The number of halogens is 3. The average Bonchev–Trinajstić information content (AvgIpc) is 2.38. The van der Waals surface area contributed by atoms with Gasteiger partial charge in [-0.2, -0.15) is 0 Å². The molecule has 1 N–H and O–H groups in total. The summed E-state index contributed by atoms with van der Waals surface area (Å²) in [5.74, 6) is -0.197. The molecule has 100 valence electrons. The lowest BCUT2D eigenvalue weighted by atomic mass is 10.00. The van der Waals surface area contributed by atoms with Crippen molar-refractivity contribution in [3.05, 3.63) is 62.5 Å². The predicted molar refractivity (Wildman–Crippen MR) is 81.5 cm³/mol. The van der Waals surface area contributed by atoms with E-state index in [4.69, 9.17) is 0 Å². The molecule has 0 aliphatic rings. The van der Waals surface area contributed by atoms with Gasteiger partial charge in [0.05, 0.1) is 0 Å². The average molecular weight is 388 g/mol. The molecule has 0 aliphatic carbocycles. The molecule has 0 aliphatic heterocycles. The largest absolute Gasteiger partial charge is 0.313 e. The van der Waals surface area contributed by atoms with E-state index in [1.807, 2.05) is 19.2 Å². The SMILES string of the molecule is CNC(Cc1ccc(Br)cc1F)c1cncc(Br)c1. The van der Waals surface area contributed by atoms with Gasteiger partial charge in [-0.3, -0.25) is 4.98 Å². The van der Waals surface area contributed by atoms with Gasteiger partial charge in [-0.1, -0.05) is 22.0 Å². The van der Waals surface area contributed by atoms with Gasteiger partial charge in [0, 0.05) is 27.4 Å². The summed E-state index contributed by atoms with van der Waals surface area (Å²) < 4.78 is 15.5. The maximum atomic E-state index is 13.9. The fourth-order valence-corrected chi connectivity index (χ4v) is 2.63. The maximum Gasteiger partial charge on any atom is 0.127 e. The van der Waals surface area contributed by atoms with Crippen molar-refractivity contribution in [2.45, 2.75) is 12.5 Å². The normalized spacial score (nSPS) is 12.4. The molecular weight excluding hydrogens is 375 g/mol. The zero-order valence-corrected chi connectivity index (χ0v) is 13.5. The van der Waals surface area contributed by atoms with E-state index in [0.29, 0.717) is 12.0 Å². The standard InChI is InChI=1S/C14H13Br2FN2/c1-18-14(10-4-12(16)8-19-7-10)5-9-2-3-11(15)6-13(9)17/h2-4,6-8,14,18H,5H2,1H3. The van der Waals surface area contributed by atoms with Crippen molar-refractivity contribution in [3.63, 3.8) is 0 Å². The molecule has 1 aromatic carbocycles. The Hall–Kier alpha value is -0.780. The van der Waals surface area contributed by atoms with Crippen molar-refractivity contribution in [3.8, 4) is 0 Å². The molecule has 1 unspecified atom stereocenters. The van der Waals surface area contributed by atoms with E-state index in [9.17, 15) is 4.39 Å². The number of nitrogens with one attached hydrogen (secondary N) is 1. The van der Waals surface area contributed by atoms with Gasteiger partial charge >= 0.3 is 0 Å². The molecule has 5 heteroatoms. The monoisotopic (exact) mass is 386 g/mol. The Morgan fingerprint density at radius 3 is 2.63 bits per heavy atom. The smallest absolute Gasteiger partial charge is 0.127 e. The van der Waals surface area contributed by atoms with E-state index in [1.54, 1.807) is 18.5 Å². The molecule has 2 rings (SSSR count). The summed E-state index contributed by atoms with van der Waals surface area (Å²) in [6, 6.07) is 7.16. The number of rotatable bonds is 4. The minimum Gasteiger partial charge on any atom is -0.313 e. The number of nitrogens with zero attached hydrogens (tertiary/aromatic N) is 1. The summed E-state index contributed by atoms with van der Waals surface area (Å²) in [5, 5.41) is 3.20. The summed E-state index contributed by atoms with van der Waals surface area (Å²) in [5.41, 5.74) is 1.71. The van der Waals surface area contributed by atoms with Crippen molar-refractivity contribution in [1.29, 1.82) is 0 Å².